The first-order chi connectivity index (χ1) is 9.56. The summed E-state index contributed by atoms with van der Waals surface area (Å²) >= 11 is 0. The maximum absolute atomic E-state index is 11.9. The molecule has 0 aliphatic heterocycles. The molecule has 6 nitrogen and oxygen atoms in total. The number of hydrogen-bond acceptors (Lipinski definition) is 3. The number of halogens is 1. The van der Waals surface area contributed by atoms with Gasteiger partial charge in [-0.3, -0.25) is 14.9 Å². The summed E-state index contributed by atoms with van der Waals surface area (Å²) in [5, 5.41) is 13.2. The Balaban J connectivity index is 0.00000220. The highest BCUT2D eigenvalue weighted by atomic mass is 35.5. The number of amides is 1. The van der Waals surface area contributed by atoms with Gasteiger partial charge in [-0.15, -0.1) is 0 Å². The van der Waals surface area contributed by atoms with E-state index in [1.54, 1.807) is 0 Å². The molecule has 0 aliphatic carbocycles. The molecule has 2 rings (SSSR count). The lowest BCUT2D eigenvalue weighted by Gasteiger charge is -2.03. The average Bonchev–Trinajstić information content (AvgIpc) is 2.42. The van der Waals surface area contributed by atoms with E-state index < -0.39 is 4.92 Å². The number of nitrogens with zero attached hydrogens (tertiary/aromatic N) is 2. The summed E-state index contributed by atoms with van der Waals surface area (Å²) in [6.07, 6.45) is 1.82. The summed E-state index contributed by atoms with van der Waals surface area (Å²) in [4.78, 5) is 21.9. The van der Waals surface area contributed by atoms with Gasteiger partial charge in [0.1, 0.15) is 0 Å². The van der Waals surface area contributed by atoms with E-state index in [0.717, 1.165) is 5.69 Å². The van der Waals surface area contributed by atoms with Crippen LogP contribution in [0.15, 0.2) is 48.7 Å². The number of hydrogen-bond donors (Lipinski definition) is 1. The van der Waals surface area contributed by atoms with Gasteiger partial charge in [-0.1, -0.05) is 6.07 Å². The van der Waals surface area contributed by atoms with Crippen LogP contribution in [-0.2, 0) is 11.3 Å². The van der Waals surface area contributed by atoms with Crippen molar-refractivity contribution in [3.05, 3.63) is 64.5 Å². The van der Waals surface area contributed by atoms with Crippen molar-refractivity contribution in [1.82, 2.24) is 0 Å². The first-order valence-electron chi connectivity index (χ1n) is 6.05. The highest BCUT2D eigenvalue weighted by Crippen LogP contribution is 2.15. The molecule has 0 atom stereocenters. The molecule has 110 valence electrons. The number of carbonyl (C=O) groups excluding carboxylic acids is 1. The van der Waals surface area contributed by atoms with Gasteiger partial charge in [0.25, 0.3) is 11.6 Å². The lowest BCUT2D eigenvalue weighted by Crippen LogP contribution is -3.00. The number of aromatic nitrogens is 1. The van der Waals surface area contributed by atoms with E-state index in [1.165, 1.54) is 24.3 Å². The lowest BCUT2D eigenvalue weighted by molar-refractivity contribution is -0.690. The van der Waals surface area contributed by atoms with Crippen LogP contribution in [0.4, 0.5) is 11.4 Å². The fourth-order valence-corrected chi connectivity index (χ4v) is 1.76. The number of nitro benzene ring substituents is 1. The third-order valence-electron chi connectivity index (χ3n) is 2.84. The predicted molar refractivity (Wildman–Crippen MR) is 73.1 cm³/mol. The Labute approximate surface area is 128 Å². The van der Waals surface area contributed by atoms with E-state index in [9.17, 15) is 14.9 Å². The van der Waals surface area contributed by atoms with Crippen molar-refractivity contribution in [3.8, 4) is 0 Å². The van der Waals surface area contributed by atoms with Gasteiger partial charge in [-0.2, -0.15) is 4.57 Å². The summed E-state index contributed by atoms with van der Waals surface area (Å²) in [5.41, 5.74) is 1.51. The largest absolute Gasteiger partial charge is 1.00 e. The molecule has 0 saturated heterocycles. The number of anilines is 1. The fraction of sp³-hybridized carbons (Fsp3) is 0.143. The van der Waals surface area contributed by atoms with Crippen molar-refractivity contribution in [3.63, 3.8) is 0 Å². The maximum Gasteiger partial charge on any atom is 0.290 e. The van der Waals surface area contributed by atoms with E-state index >= 15 is 0 Å². The molecule has 1 aromatic carbocycles. The zero-order valence-electron chi connectivity index (χ0n) is 11.3. The zero-order valence-corrected chi connectivity index (χ0v) is 12.1. The normalized spacial score (nSPS) is 9.57. The molecule has 1 heterocycles. The van der Waals surface area contributed by atoms with Gasteiger partial charge in [0.15, 0.2) is 11.9 Å². The standard InChI is InChI=1S/C14H13N3O3.ClH/c1-11-4-2-3-9-16(11)10-14(18)15-12-5-7-13(8-6-12)17(19)20;/h2-9H,10H2,1H3;1H. The highest BCUT2D eigenvalue weighted by Gasteiger charge is 2.12. The molecule has 0 fully saturated rings. The van der Waals surface area contributed by atoms with Gasteiger partial charge in [-0.05, 0) is 12.1 Å². The molecule has 0 bridgehead atoms. The van der Waals surface area contributed by atoms with Crippen molar-refractivity contribution in [2.45, 2.75) is 13.5 Å². The molecule has 0 radical (unpaired) electrons. The minimum Gasteiger partial charge on any atom is -1.00 e. The van der Waals surface area contributed by atoms with Crippen molar-refractivity contribution >= 4 is 17.3 Å². The molecule has 1 aromatic heterocycles. The van der Waals surface area contributed by atoms with Gasteiger partial charge in [0, 0.05) is 36.9 Å². The Hall–Kier alpha value is -2.47. The van der Waals surface area contributed by atoms with Crippen LogP contribution < -0.4 is 22.3 Å². The maximum atomic E-state index is 11.9. The van der Waals surface area contributed by atoms with Crippen LogP contribution in [0, 0.1) is 17.0 Å². The Morgan fingerprint density at radius 1 is 1.24 bits per heavy atom. The minimum atomic E-state index is -0.477. The van der Waals surface area contributed by atoms with E-state index in [1.807, 2.05) is 35.9 Å². The Morgan fingerprint density at radius 2 is 1.90 bits per heavy atom. The summed E-state index contributed by atoms with van der Waals surface area (Å²) in [6.45, 7) is 2.11. The van der Waals surface area contributed by atoms with Crippen molar-refractivity contribution in [2.24, 2.45) is 0 Å². The molecule has 1 amide bonds. The molecule has 0 unspecified atom stereocenters. The van der Waals surface area contributed by atoms with Crippen molar-refractivity contribution in [2.75, 3.05) is 5.32 Å². The van der Waals surface area contributed by atoms with E-state index in [0.29, 0.717) is 5.69 Å². The predicted octanol–water partition coefficient (Wildman–Crippen LogP) is -1.17. The second-order valence-electron chi connectivity index (χ2n) is 4.32. The SMILES string of the molecule is Cc1cccc[n+]1CC(=O)Nc1ccc([N+](=O)[O-])cc1.[Cl-]. The van der Waals surface area contributed by atoms with Gasteiger partial charge >= 0.3 is 0 Å². The van der Waals surface area contributed by atoms with Gasteiger partial charge in [0.2, 0.25) is 6.54 Å². The summed E-state index contributed by atoms with van der Waals surface area (Å²) in [5.74, 6) is -0.182. The third kappa shape index (κ3) is 4.54. The molecular formula is C14H14ClN3O3. The monoisotopic (exact) mass is 307 g/mol. The summed E-state index contributed by atoms with van der Waals surface area (Å²) < 4.78 is 1.82. The van der Waals surface area contributed by atoms with Crippen LogP contribution in [-0.4, -0.2) is 10.8 Å². The second kappa shape index (κ2) is 7.35. The molecule has 0 spiro atoms. The Kier molecular flexibility index (Phi) is 5.80. The number of rotatable bonds is 4. The molecule has 7 heteroatoms. The first-order valence-corrected chi connectivity index (χ1v) is 6.05. The van der Waals surface area contributed by atoms with Crippen LogP contribution in [0.3, 0.4) is 0 Å². The minimum absolute atomic E-state index is 0. The smallest absolute Gasteiger partial charge is 0.290 e. The molecule has 1 N–H and O–H groups in total. The van der Waals surface area contributed by atoms with Crippen LogP contribution in [0.25, 0.3) is 0 Å². The fourth-order valence-electron chi connectivity index (χ4n) is 1.76. The third-order valence-corrected chi connectivity index (χ3v) is 2.84. The number of non-ortho nitro benzene ring substituents is 1. The number of benzene rings is 1. The first kappa shape index (κ1) is 16.6. The van der Waals surface area contributed by atoms with Crippen LogP contribution in [0.2, 0.25) is 0 Å². The topological polar surface area (TPSA) is 76.1 Å². The number of nitro groups is 1. The molecule has 0 aliphatic rings. The Morgan fingerprint density at radius 3 is 2.48 bits per heavy atom. The number of carbonyl (C=O) groups is 1. The van der Waals surface area contributed by atoms with Crippen LogP contribution >= 0.6 is 0 Å². The number of aryl methyl sites for hydroxylation is 1. The van der Waals surface area contributed by atoms with Gasteiger partial charge < -0.3 is 17.7 Å². The average molecular weight is 308 g/mol. The van der Waals surface area contributed by atoms with E-state index in [4.69, 9.17) is 0 Å². The summed E-state index contributed by atoms with van der Waals surface area (Å²) in [7, 11) is 0. The zero-order chi connectivity index (χ0) is 14.5. The van der Waals surface area contributed by atoms with Crippen molar-refractivity contribution in [1.29, 1.82) is 0 Å². The molecule has 21 heavy (non-hydrogen) atoms. The molecule has 2 aromatic rings. The highest BCUT2D eigenvalue weighted by molar-refractivity contribution is 5.89. The van der Waals surface area contributed by atoms with Crippen molar-refractivity contribution < 1.29 is 26.7 Å². The van der Waals surface area contributed by atoms with E-state index in [-0.39, 0.29) is 30.5 Å². The van der Waals surface area contributed by atoms with Crippen LogP contribution in [0.1, 0.15) is 5.69 Å². The van der Waals surface area contributed by atoms with E-state index in [2.05, 4.69) is 5.32 Å². The summed E-state index contributed by atoms with van der Waals surface area (Å²) in [6, 6.07) is 11.4. The van der Waals surface area contributed by atoms with Gasteiger partial charge in [0.05, 0.1) is 4.92 Å². The quantitative estimate of drug-likeness (QED) is 0.439. The number of pyridine rings is 1. The lowest BCUT2D eigenvalue weighted by atomic mass is 10.3. The van der Waals surface area contributed by atoms with Crippen LogP contribution in [0.5, 0.6) is 0 Å². The molecule has 0 saturated carbocycles. The second-order valence-corrected chi connectivity index (χ2v) is 4.32. The Bertz CT molecular complexity index is 644. The van der Waals surface area contributed by atoms with Gasteiger partial charge in [-0.25, -0.2) is 0 Å². The molecular weight excluding hydrogens is 294 g/mol. The number of nitrogens with one attached hydrogen (secondary N) is 1.